The van der Waals surface area contributed by atoms with E-state index in [-0.39, 0.29) is 0 Å². The van der Waals surface area contributed by atoms with Crippen LogP contribution in [-0.2, 0) is 11.2 Å². The van der Waals surface area contributed by atoms with Crippen LogP contribution in [0.4, 0.5) is 8.78 Å². The fourth-order valence-electron chi connectivity index (χ4n) is 3.70. The normalized spacial score (nSPS) is 20.2. The van der Waals surface area contributed by atoms with E-state index in [2.05, 4.69) is 6.58 Å². The first-order valence-electron chi connectivity index (χ1n) is 9.20. The van der Waals surface area contributed by atoms with Crippen molar-refractivity contribution >= 4 is 0 Å². The highest BCUT2D eigenvalue weighted by Crippen LogP contribution is 2.34. The van der Waals surface area contributed by atoms with Gasteiger partial charge in [-0.2, -0.15) is 5.26 Å². The van der Waals surface area contributed by atoms with Gasteiger partial charge in [0.25, 0.3) is 0 Å². The number of nitriles is 1. The zero-order valence-electron chi connectivity index (χ0n) is 14.8. The van der Waals surface area contributed by atoms with E-state index in [0.29, 0.717) is 24.5 Å². The molecular weight excluding hydrogens is 320 g/mol. The number of ether oxygens (including phenoxy) is 1. The number of rotatable bonds is 9. The maximum Gasteiger partial charge on any atom is 0.144 e. The lowest BCUT2D eigenvalue weighted by atomic mass is 9.78. The summed E-state index contributed by atoms with van der Waals surface area (Å²) in [6.45, 7) is 5.07. The summed E-state index contributed by atoms with van der Waals surface area (Å²) in [7, 11) is 0. The van der Waals surface area contributed by atoms with Gasteiger partial charge < -0.3 is 4.74 Å². The topological polar surface area (TPSA) is 33.0 Å². The summed E-state index contributed by atoms with van der Waals surface area (Å²) < 4.78 is 32.7. The van der Waals surface area contributed by atoms with Crippen molar-refractivity contribution in [2.45, 2.75) is 51.4 Å². The van der Waals surface area contributed by atoms with Gasteiger partial charge in [0.2, 0.25) is 0 Å². The molecule has 0 aliphatic heterocycles. The van der Waals surface area contributed by atoms with Gasteiger partial charge in [-0.05, 0) is 55.2 Å². The van der Waals surface area contributed by atoms with E-state index in [1.54, 1.807) is 12.1 Å². The third-order valence-corrected chi connectivity index (χ3v) is 5.16. The standard InChI is InChI=1S/C21H27F2NO/c1-2-11-25-12-3-4-16-5-7-17(8-6-16)9-10-18-13-20(22)19(15-24)21(23)14-18/h2,13-14,16-17H,1,3-12H2. The minimum atomic E-state index is -0.750. The van der Waals surface area contributed by atoms with Gasteiger partial charge >= 0.3 is 0 Å². The molecule has 136 valence electrons. The van der Waals surface area contributed by atoms with Crippen LogP contribution in [0.3, 0.4) is 0 Å². The Morgan fingerprint density at radius 1 is 1.12 bits per heavy atom. The van der Waals surface area contributed by atoms with Crippen LogP contribution in [0.2, 0.25) is 0 Å². The molecule has 25 heavy (non-hydrogen) atoms. The summed E-state index contributed by atoms with van der Waals surface area (Å²) in [5.74, 6) is -0.0804. The van der Waals surface area contributed by atoms with Gasteiger partial charge in [0.15, 0.2) is 0 Å². The molecule has 2 rings (SSSR count). The Balaban J connectivity index is 1.69. The van der Waals surface area contributed by atoms with Gasteiger partial charge in [-0.1, -0.05) is 31.8 Å². The number of nitrogens with zero attached hydrogens (tertiary/aromatic N) is 1. The van der Waals surface area contributed by atoms with Crippen molar-refractivity contribution in [3.05, 3.63) is 47.5 Å². The van der Waals surface area contributed by atoms with E-state index in [9.17, 15) is 8.78 Å². The van der Waals surface area contributed by atoms with Gasteiger partial charge in [-0.25, -0.2) is 8.78 Å². The molecule has 1 saturated carbocycles. The lowest BCUT2D eigenvalue weighted by Crippen LogP contribution is -2.16. The average molecular weight is 347 g/mol. The highest BCUT2D eigenvalue weighted by molar-refractivity contribution is 5.35. The summed E-state index contributed by atoms with van der Waals surface area (Å²) in [4.78, 5) is 0. The lowest BCUT2D eigenvalue weighted by molar-refractivity contribution is 0.147. The quantitative estimate of drug-likeness (QED) is 0.433. The Labute approximate surface area is 149 Å². The lowest BCUT2D eigenvalue weighted by Gasteiger charge is -2.28. The summed E-state index contributed by atoms with van der Waals surface area (Å²) in [5, 5.41) is 8.71. The van der Waals surface area contributed by atoms with Crippen molar-refractivity contribution < 1.29 is 13.5 Å². The molecule has 0 unspecified atom stereocenters. The van der Waals surface area contributed by atoms with Crippen molar-refractivity contribution in [3.8, 4) is 6.07 Å². The van der Waals surface area contributed by atoms with Crippen LogP contribution in [0.15, 0.2) is 24.8 Å². The van der Waals surface area contributed by atoms with Gasteiger partial charge in [-0.3, -0.25) is 0 Å². The van der Waals surface area contributed by atoms with Crippen LogP contribution in [0.25, 0.3) is 0 Å². The molecule has 0 heterocycles. The molecule has 0 saturated heterocycles. The molecular formula is C21H27F2NO. The summed E-state index contributed by atoms with van der Waals surface area (Å²) in [5.41, 5.74) is 0.164. The number of aryl methyl sites for hydroxylation is 1. The summed E-state index contributed by atoms with van der Waals surface area (Å²) in [6.07, 6.45) is 10.6. The van der Waals surface area contributed by atoms with E-state index in [0.717, 1.165) is 25.4 Å². The van der Waals surface area contributed by atoms with E-state index >= 15 is 0 Å². The minimum absolute atomic E-state index is 0.485. The first-order valence-corrected chi connectivity index (χ1v) is 9.20. The number of hydrogen-bond donors (Lipinski definition) is 0. The first-order chi connectivity index (χ1) is 12.1. The Hall–Kier alpha value is -1.73. The summed E-state index contributed by atoms with van der Waals surface area (Å²) in [6, 6.07) is 4.17. The SMILES string of the molecule is C=CCOCCCC1CCC(CCc2cc(F)c(C#N)c(F)c2)CC1. The van der Waals surface area contributed by atoms with Crippen LogP contribution >= 0.6 is 0 Å². The van der Waals surface area contributed by atoms with Crippen LogP contribution in [0.1, 0.15) is 56.1 Å². The van der Waals surface area contributed by atoms with Gasteiger partial charge in [0.05, 0.1) is 6.61 Å². The number of halogens is 2. The van der Waals surface area contributed by atoms with E-state index in [1.807, 2.05) is 0 Å². The Bertz CT molecular complexity index is 577. The zero-order valence-corrected chi connectivity index (χ0v) is 14.8. The van der Waals surface area contributed by atoms with Gasteiger partial charge in [0, 0.05) is 6.61 Å². The van der Waals surface area contributed by atoms with Crippen molar-refractivity contribution in [3.63, 3.8) is 0 Å². The summed E-state index contributed by atoms with van der Waals surface area (Å²) >= 11 is 0. The maximum absolute atomic E-state index is 13.6. The van der Waals surface area contributed by atoms with E-state index in [4.69, 9.17) is 10.00 Å². The van der Waals surface area contributed by atoms with Crippen LogP contribution in [0.5, 0.6) is 0 Å². The molecule has 1 fully saturated rings. The Kier molecular flexibility index (Phi) is 8.08. The largest absolute Gasteiger partial charge is 0.377 e. The Morgan fingerprint density at radius 2 is 1.72 bits per heavy atom. The zero-order chi connectivity index (χ0) is 18.1. The predicted octanol–water partition coefficient (Wildman–Crippen LogP) is 5.56. The molecule has 0 atom stereocenters. The molecule has 1 aromatic carbocycles. The van der Waals surface area contributed by atoms with Gasteiger partial charge in [-0.15, -0.1) is 6.58 Å². The molecule has 0 bridgehead atoms. The molecule has 0 spiro atoms. The maximum atomic E-state index is 13.6. The monoisotopic (exact) mass is 347 g/mol. The average Bonchev–Trinajstić information content (AvgIpc) is 2.60. The van der Waals surface area contributed by atoms with Crippen molar-refractivity contribution in [2.75, 3.05) is 13.2 Å². The van der Waals surface area contributed by atoms with Crippen molar-refractivity contribution in [2.24, 2.45) is 11.8 Å². The third-order valence-electron chi connectivity index (χ3n) is 5.16. The molecule has 0 radical (unpaired) electrons. The Morgan fingerprint density at radius 3 is 2.28 bits per heavy atom. The fourth-order valence-corrected chi connectivity index (χ4v) is 3.70. The molecule has 1 aliphatic carbocycles. The number of benzene rings is 1. The van der Waals surface area contributed by atoms with Crippen molar-refractivity contribution in [1.82, 2.24) is 0 Å². The fraction of sp³-hybridized carbons (Fsp3) is 0.571. The van der Waals surface area contributed by atoms with Crippen LogP contribution in [0, 0.1) is 34.8 Å². The molecule has 1 aliphatic rings. The van der Waals surface area contributed by atoms with E-state index in [1.165, 1.54) is 44.2 Å². The second kappa shape index (κ2) is 10.3. The van der Waals surface area contributed by atoms with Crippen molar-refractivity contribution in [1.29, 1.82) is 5.26 Å². The molecule has 1 aromatic rings. The third kappa shape index (κ3) is 6.25. The van der Waals surface area contributed by atoms with E-state index < -0.39 is 17.2 Å². The van der Waals surface area contributed by atoms with Crippen LogP contribution < -0.4 is 0 Å². The highest BCUT2D eigenvalue weighted by Gasteiger charge is 2.21. The van der Waals surface area contributed by atoms with Gasteiger partial charge in [0.1, 0.15) is 23.3 Å². The molecule has 0 aromatic heterocycles. The molecule has 2 nitrogen and oxygen atoms in total. The van der Waals surface area contributed by atoms with Crippen LogP contribution in [-0.4, -0.2) is 13.2 Å². The second-order valence-electron chi connectivity index (χ2n) is 6.98. The minimum Gasteiger partial charge on any atom is -0.377 e. The highest BCUT2D eigenvalue weighted by atomic mass is 19.1. The predicted molar refractivity (Wildman–Crippen MR) is 95.1 cm³/mol. The second-order valence-corrected chi connectivity index (χ2v) is 6.98. The number of hydrogen-bond acceptors (Lipinski definition) is 2. The molecule has 0 N–H and O–H groups in total. The first kappa shape index (κ1) is 19.6. The molecule has 4 heteroatoms. The molecule has 0 amide bonds. The smallest absolute Gasteiger partial charge is 0.144 e.